The van der Waals surface area contributed by atoms with Crippen LogP contribution in [-0.4, -0.2) is 5.84 Å². The summed E-state index contributed by atoms with van der Waals surface area (Å²) in [6, 6.07) is 0. The van der Waals surface area contributed by atoms with E-state index in [0.717, 1.165) is 5.92 Å². The minimum absolute atomic E-state index is 0.167. The number of hydrogen-bond acceptors (Lipinski definition) is 1. The molecule has 0 atom stereocenters. The molecule has 0 heterocycles. The molecule has 2 heteroatoms. The largest absolute Gasteiger partial charge is 0.388 e. The first-order chi connectivity index (χ1) is 7.50. The van der Waals surface area contributed by atoms with Crippen LogP contribution in [0.15, 0.2) is 0 Å². The Morgan fingerprint density at radius 2 is 1.38 bits per heavy atom. The summed E-state index contributed by atoms with van der Waals surface area (Å²) in [4.78, 5) is 0. The molecule has 0 aliphatic rings. The highest BCUT2D eigenvalue weighted by molar-refractivity contribution is 5.73. The molecule has 16 heavy (non-hydrogen) atoms. The lowest BCUT2D eigenvalue weighted by molar-refractivity contribution is 0.511. The summed E-state index contributed by atoms with van der Waals surface area (Å²) >= 11 is 0. The van der Waals surface area contributed by atoms with E-state index in [4.69, 9.17) is 11.1 Å². The van der Waals surface area contributed by atoms with Gasteiger partial charge in [-0.25, -0.2) is 0 Å². The van der Waals surface area contributed by atoms with E-state index in [1.54, 1.807) is 0 Å². The number of hydrogen-bond donors (Lipinski definition) is 2. The van der Waals surface area contributed by atoms with Crippen LogP contribution in [0.2, 0.25) is 0 Å². The van der Waals surface area contributed by atoms with Crippen LogP contribution in [-0.2, 0) is 0 Å². The molecule has 0 unspecified atom stereocenters. The molecule has 0 aromatic heterocycles. The van der Waals surface area contributed by atoms with Crippen LogP contribution < -0.4 is 5.73 Å². The second-order valence-corrected chi connectivity index (χ2v) is 4.99. The van der Waals surface area contributed by atoms with Crippen molar-refractivity contribution in [3.63, 3.8) is 0 Å². The van der Waals surface area contributed by atoms with Gasteiger partial charge in [0.2, 0.25) is 0 Å². The van der Waals surface area contributed by atoms with Crippen molar-refractivity contribution >= 4 is 5.84 Å². The lowest BCUT2D eigenvalue weighted by atomic mass is 10.0. The minimum atomic E-state index is 0.167. The van der Waals surface area contributed by atoms with Gasteiger partial charge >= 0.3 is 0 Å². The molecule has 0 bridgehead atoms. The average Bonchev–Trinajstić information content (AvgIpc) is 2.15. The number of amidine groups is 1. The monoisotopic (exact) mass is 228 g/mol. The van der Waals surface area contributed by atoms with Crippen molar-refractivity contribution in [2.75, 3.05) is 0 Å². The fourth-order valence-corrected chi connectivity index (χ4v) is 1.51. The lowest BCUT2D eigenvalue weighted by Gasteiger charge is -2.03. The van der Waals surface area contributed by atoms with Gasteiger partial charge in [0.05, 0.1) is 5.84 Å². The van der Waals surface area contributed by atoms with E-state index in [9.17, 15) is 0 Å². The van der Waals surface area contributed by atoms with Crippen LogP contribution >= 0.6 is 0 Å². The molecule has 98 valence electrons. The Bertz CT molecular complexity index is 138. The van der Waals surface area contributed by atoms with Crippen LogP contribution in [0.4, 0.5) is 0 Å². The summed E-state index contributed by atoms with van der Waals surface area (Å²) in [7, 11) is 0. The van der Waals surface area contributed by atoms with Gasteiger partial charge in [-0.3, -0.25) is 5.41 Å². The summed E-state index contributed by atoms with van der Waals surface area (Å²) in [6.45, 7) is 8.44. The fraction of sp³-hybridized carbons (Fsp3) is 0.929. The van der Waals surface area contributed by atoms with Crippen LogP contribution in [0.3, 0.4) is 0 Å². The van der Waals surface area contributed by atoms with E-state index in [1.165, 1.54) is 58.3 Å². The van der Waals surface area contributed by atoms with Gasteiger partial charge in [-0.2, -0.15) is 0 Å². The summed E-state index contributed by atoms with van der Waals surface area (Å²) in [5.41, 5.74) is 4.69. The Kier molecular flexibility index (Phi) is 16.1. The van der Waals surface area contributed by atoms with Gasteiger partial charge in [-0.05, 0) is 12.8 Å². The van der Waals surface area contributed by atoms with E-state index in [2.05, 4.69) is 20.8 Å². The van der Waals surface area contributed by atoms with Crippen molar-refractivity contribution < 1.29 is 0 Å². The SMILES string of the molecule is CC(=N)N.CCCCCCCCCC(C)C. The maximum Gasteiger partial charge on any atom is 0.0873 e. The number of rotatable bonds is 8. The molecule has 0 aromatic rings. The molecule has 0 rings (SSSR count). The second kappa shape index (κ2) is 14.5. The highest BCUT2D eigenvalue weighted by Crippen LogP contribution is 2.11. The average molecular weight is 228 g/mol. The summed E-state index contributed by atoms with van der Waals surface area (Å²) < 4.78 is 0. The standard InChI is InChI=1S/C12H26.C2H6N2/c1-4-5-6-7-8-9-10-11-12(2)3;1-2(3)4/h12H,4-11H2,1-3H3;1H3,(H3,3,4). The predicted molar refractivity (Wildman–Crippen MR) is 75.0 cm³/mol. The zero-order valence-electron chi connectivity index (χ0n) is 11.8. The molecule has 0 saturated carbocycles. The molecular formula is C14H32N2. The molecule has 0 radical (unpaired) electrons. The Hall–Kier alpha value is -0.530. The van der Waals surface area contributed by atoms with Gasteiger partial charge < -0.3 is 5.73 Å². The van der Waals surface area contributed by atoms with Crippen molar-refractivity contribution in [2.24, 2.45) is 11.7 Å². The number of unbranched alkanes of at least 4 members (excludes halogenated alkanes) is 6. The topological polar surface area (TPSA) is 49.9 Å². The normalized spacial score (nSPS) is 9.81. The molecule has 0 saturated heterocycles. The first-order valence-corrected chi connectivity index (χ1v) is 6.81. The molecule has 2 nitrogen and oxygen atoms in total. The van der Waals surface area contributed by atoms with Gasteiger partial charge in [-0.15, -0.1) is 0 Å². The Labute approximate surface area is 103 Å². The van der Waals surface area contributed by atoms with Crippen molar-refractivity contribution in [3.8, 4) is 0 Å². The van der Waals surface area contributed by atoms with E-state index in [-0.39, 0.29) is 5.84 Å². The van der Waals surface area contributed by atoms with E-state index in [0.29, 0.717) is 0 Å². The van der Waals surface area contributed by atoms with Gasteiger partial charge in [0, 0.05) is 0 Å². The smallest absolute Gasteiger partial charge is 0.0873 e. The predicted octanol–water partition coefficient (Wildman–Crippen LogP) is 4.73. The van der Waals surface area contributed by atoms with Crippen LogP contribution in [0.25, 0.3) is 0 Å². The van der Waals surface area contributed by atoms with Gasteiger partial charge in [0.15, 0.2) is 0 Å². The number of nitrogens with two attached hydrogens (primary N) is 1. The van der Waals surface area contributed by atoms with Gasteiger partial charge in [-0.1, -0.05) is 72.1 Å². The van der Waals surface area contributed by atoms with Crippen LogP contribution in [0.1, 0.15) is 79.1 Å². The summed E-state index contributed by atoms with van der Waals surface area (Å²) in [6.07, 6.45) is 11.5. The summed E-state index contributed by atoms with van der Waals surface area (Å²) in [5.74, 6) is 1.07. The van der Waals surface area contributed by atoms with Crippen molar-refractivity contribution in [1.29, 1.82) is 5.41 Å². The fourth-order valence-electron chi connectivity index (χ4n) is 1.51. The molecular weight excluding hydrogens is 196 g/mol. The third kappa shape index (κ3) is 29.2. The third-order valence-electron chi connectivity index (χ3n) is 2.39. The minimum Gasteiger partial charge on any atom is -0.388 e. The van der Waals surface area contributed by atoms with Gasteiger partial charge in [0.1, 0.15) is 0 Å². The Morgan fingerprint density at radius 1 is 1.00 bits per heavy atom. The maximum atomic E-state index is 6.28. The first kappa shape index (κ1) is 17.9. The molecule has 0 spiro atoms. The van der Waals surface area contributed by atoms with Gasteiger partial charge in [0.25, 0.3) is 0 Å². The molecule has 0 amide bonds. The Balaban J connectivity index is 0. The Morgan fingerprint density at radius 3 is 1.75 bits per heavy atom. The molecule has 0 aliphatic heterocycles. The zero-order valence-corrected chi connectivity index (χ0v) is 11.8. The molecule has 0 aliphatic carbocycles. The van der Waals surface area contributed by atoms with E-state index < -0.39 is 0 Å². The molecule has 3 N–H and O–H groups in total. The third-order valence-corrected chi connectivity index (χ3v) is 2.39. The lowest BCUT2D eigenvalue weighted by Crippen LogP contribution is -2.00. The quantitative estimate of drug-likeness (QED) is 0.352. The number of nitrogens with one attached hydrogen (secondary N) is 1. The zero-order chi connectivity index (χ0) is 12.8. The first-order valence-electron chi connectivity index (χ1n) is 6.81. The van der Waals surface area contributed by atoms with E-state index >= 15 is 0 Å². The van der Waals surface area contributed by atoms with Crippen LogP contribution in [0, 0.1) is 11.3 Å². The summed E-state index contributed by atoms with van der Waals surface area (Å²) in [5, 5.41) is 6.28. The van der Waals surface area contributed by atoms with Crippen molar-refractivity contribution in [2.45, 2.75) is 79.1 Å². The molecule has 0 fully saturated rings. The second-order valence-electron chi connectivity index (χ2n) is 4.99. The van der Waals surface area contributed by atoms with E-state index in [1.807, 2.05) is 0 Å². The van der Waals surface area contributed by atoms with Crippen LogP contribution in [0.5, 0.6) is 0 Å². The maximum absolute atomic E-state index is 6.28. The highest BCUT2D eigenvalue weighted by Gasteiger charge is 1.93. The van der Waals surface area contributed by atoms with Crippen molar-refractivity contribution in [1.82, 2.24) is 0 Å². The highest BCUT2D eigenvalue weighted by atomic mass is 14.7. The molecule has 0 aromatic carbocycles. The van der Waals surface area contributed by atoms with Crippen molar-refractivity contribution in [3.05, 3.63) is 0 Å².